The molecule has 0 aliphatic carbocycles. The van der Waals surface area contributed by atoms with E-state index in [9.17, 15) is 4.39 Å². The standard InChI is InChI=1S/C12H10BrClFNS/c13-11-3-1-9(15)5-8(11)6-16-7-10-2-4-12(14)17-10/h1-5,16H,6-7H2. The van der Waals surface area contributed by atoms with E-state index in [2.05, 4.69) is 21.2 Å². The molecule has 0 saturated heterocycles. The van der Waals surface area contributed by atoms with Crippen molar-refractivity contribution in [3.8, 4) is 0 Å². The summed E-state index contributed by atoms with van der Waals surface area (Å²) >= 11 is 10.8. The number of halogens is 3. The fourth-order valence-electron chi connectivity index (χ4n) is 1.45. The van der Waals surface area contributed by atoms with Crippen molar-refractivity contribution in [3.63, 3.8) is 0 Å². The van der Waals surface area contributed by atoms with Gasteiger partial charge in [0.1, 0.15) is 5.82 Å². The highest BCUT2D eigenvalue weighted by Crippen LogP contribution is 2.22. The van der Waals surface area contributed by atoms with Crippen LogP contribution in [0.15, 0.2) is 34.8 Å². The Balaban J connectivity index is 1.91. The van der Waals surface area contributed by atoms with E-state index in [0.717, 1.165) is 20.9 Å². The van der Waals surface area contributed by atoms with Crippen molar-refractivity contribution in [1.82, 2.24) is 5.32 Å². The molecule has 0 fully saturated rings. The molecular weight excluding hydrogens is 325 g/mol. The van der Waals surface area contributed by atoms with E-state index in [4.69, 9.17) is 11.6 Å². The van der Waals surface area contributed by atoms with Crippen LogP contribution in [0.2, 0.25) is 4.34 Å². The van der Waals surface area contributed by atoms with Gasteiger partial charge in [-0.25, -0.2) is 4.39 Å². The second kappa shape index (κ2) is 5.96. The molecule has 0 radical (unpaired) electrons. The van der Waals surface area contributed by atoms with Crippen LogP contribution in [0, 0.1) is 5.82 Å². The van der Waals surface area contributed by atoms with E-state index in [0.29, 0.717) is 6.54 Å². The quantitative estimate of drug-likeness (QED) is 0.862. The lowest BCUT2D eigenvalue weighted by Gasteiger charge is -2.06. The maximum atomic E-state index is 13.0. The number of rotatable bonds is 4. The van der Waals surface area contributed by atoms with Gasteiger partial charge in [-0.2, -0.15) is 0 Å². The zero-order valence-electron chi connectivity index (χ0n) is 8.84. The van der Waals surface area contributed by atoms with Gasteiger partial charge in [0.2, 0.25) is 0 Å². The number of hydrogen-bond acceptors (Lipinski definition) is 2. The van der Waals surface area contributed by atoms with Crippen LogP contribution in [-0.2, 0) is 13.1 Å². The molecule has 2 aromatic rings. The van der Waals surface area contributed by atoms with E-state index in [1.807, 2.05) is 12.1 Å². The minimum atomic E-state index is -0.218. The van der Waals surface area contributed by atoms with Crippen LogP contribution in [0.3, 0.4) is 0 Å². The number of thiophene rings is 1. The molecule has 0 amide bonds. The van der Waals surface area contributed by atoms with Gasteiger partial charge in [0.25, 0.3) is 0 Å². The Hall–Kier alpha value is -0.420. The summed E-state index contributed by atoms with van der Waals surface area (Å²) in [5.74, 6) is -0.218. The van der Waals surface area contributed by atoms with Crippen LogP contribution in [0.25, 0.3) is 0 Å². The molecule has 1 N–H and O–H groups in total. The Morgan fingerprint density at radius 3 is 2.76 bits per heavy atom. The Morgan fingerprint density at radius 2 is 2.06 bits per heavy atom. The normalized spacial score (nSPS) is 10.8. The van der Waals surface area contributed by atoms with Crippen LogP contribution in [-0.4, -0.2) is 0 Å². The first-order valence-electron chi connectivity index (χ1n) is 5.04. The molecular formula is C12H10BrClFNS. The highest BCUT2D eigenvalue weighted by atomic mass is 79.9. The zero-order valence-corrected chi connectivity index (χ0v) is 12.0. The van der Waals surface area contributed by atoms with Gasteiger partial charge in [0, 0.05) is 22.4 Å². The summed E-state index contributed by atoms with van der Waals surface area (Å²) < 4.78 is 14.7. The second-order valence-corrected chi connectivity index (χ2v) is 6.20. The Bertz CT molecular complexity index is 515. The average molecular weight is 335 g/mol. The summed E-state index contributed by atoms with van der Waals surface area (Å²) in [5, 5.41) is 3.25. The maximum absolute atomic E-state index is 13.0. The Labute approximate surface area is 117 Å². The van der Waals surface area contributed by atoms with Crippen molar-refractivity contribution in [2.75, 3.05) is 0 Å². The summed E-state index contributed by atoms with van der Waals surface area (Å²) in [6, 6.07) is 8.54. The predicted octanol–water partition coefficient (Wildman–Crippen LogP) is 4.59. The molecule has 1 nitrogen and oxygen atoms in total. The monoisotopic (exact) mass is 333 g/mol. The van der Waals surface area contributed by atoms with Crippen LogP contribution in [0.4, 0.5) is 4.39 Å². The molecule has 17 heavy (non-hydrogen) atoms. The molecule has 1 aromatic carbocycles. The van der Waals surface area contributed by atoms with Crippen LogP contribution >= 0.6 is 38.9 Å². The summed E-state index contributed by atoms with van der Waals surface area (Å²) in [7, 11) is 0. The molecule has 0 atom stereocenters. The van der Waals surface area contributed by atoms with Gasteiger partial charge in [-0.1, -0.05) is 27.5 Å². The highest BCUT2D eigenvalue weighted by molar-refractivity contribution is 9.10. The molecule has 0 saturated carbocycles. The predicted molar refractivity (Wildman–Crippen MR) is 74.0 cm³/mol. The lowest BCUT2D eigenvalue weighted by molar-refractivity contribution is 0.620. The summed E-state index contributed by atoms with van der Waals surface area (Å²) in [6.07, 6.45) is 0. The van der Waals surface area contributed by atoms with Gasteiger partial charge in [-0.3, -0.25) is 0 Å². The van der Waals surface area contributed by atoms with Gasteiger partial charge in [0.15, 0.2) is 0 Å². The van der Waals surface area contributed by atoms with Crippen molar-refractivity contribution in [3.05, 3.63) is 55.4 Å². The van der Waals surface area contributed by atoms with E-state index in [1.165, 1.54) is 17.0 Å². The molecule has 0 aliphatic heterocycles. The van der Waals surface area contributed by atoms with Crippen molar-refractivity contribution >= 4 is 38.9 Å². The smallest absolute Gasteiger partial charge is 0.123 e. The van der Waals surface area contributed by atoms with Gasteiger partial charge >= 0.3 is 0 Å². The number of benzene rings is 1. The van der Waals surface area contributed by atoms with Gasteiger partial charge in [0.05, 0.1) is 4.34 Å². The minimum absolute atomic E-state index is 0.218. The minimum Gasteiger partial charge on any atom is -0.308 e. The molecule has 0 bridgehead atoms. The van der Waals surface area contributed by atoms with Crippen molar-refractivity contribution in [2.45, 2.75) is 13.1 Å². The van der Waals surface area contributed by atoms with Crippen LogP contribution in [0.5, 0.6) is 0 Å². The molecule has 5 heteroatoms. The van der Waals surface area contributed by atoms with Gasteiger partial charge in [-0.15, -0.1) is 11.3 Å². The van der Waals surface area contributed by atoms with Crippen molar-refractivity contribution < 1.29 is 4.39 Å². The maximum Gasteiger partial charge on any atom is 0.123 e. The summed E-state index contributed by atoms with van der Waals surface area (Å²) in [4.78, 5) is 1.17. The van der Waals surface area contributed by atoms with Crippen LogP contribution in [0.1, 0.15) is 10.4 Å². The third kappa shape index (κ3) is 3.78. The molecule has 2 rings (SSSR count). The Morgan fingerprint density at radius 1 is 1.24 bits per heavy atom. The van der Waals surface area contributed by atoms with Crippen molar-refractivity contribution in [1.29, 1.82) is 0 Å². The van der Waals surface area contributed by atoms with E-state index in [-0.39, 0.29) is 5.82 Å². The summed E-state index contributed by atoms with van der Waals surface area (Å²) in [5.41, 5.74) is 0.910. The third-order valence-corrected chi connectivity index (χ3v) is 4.26. The lowest BCUT2D eigenvalue weighted by atomic mass is 10.2. The summed E-state index contributed by atoms with van der Waals surface area (Å²) in [6.45, 7) is 1.36. The topological polar surface area (TPSA) is 12.0 Å². The Kier molecular flexibility index (Phi) is 4.56. The first-order valence-corrected chi connectivity index (χ1v) is 7.03. The fraction of sp³-hybridized carbons (Fsp3) is 0.167. The fourth-order valence-corrected chi connectivity index (χ4v) is 2.89. The van der Waals surface area contributed by atoms with E-state index >= 15 is 0 Å². The first kappa shape index (κ1) is 13.0. The molecule has 0 unspecified atom stereocenters. The second-order valence-electron chi connectivity index (χ2n) is 3.55. The molecule has 0 aliphatic rings. The number of nitrogens with one attached hydrogen (secondary N) is 1. The lowest BCUT2D eigenvalue weighted by Crippen LogP contribution is -2.12. The van der Waals surface area contributed by atoms with E-state index in [1.54, 1.807) is 17.4 Å². The molecule has 1 aromatic heterocycles. The largest absolute Gasteiger partial charge is 0.308 e. The number of hydrogen-bond donors (Lipinski definition) is 1. The van der Waals surface area contributed by atoms with Gasteiger partial charge in [-0.05, 0) is 35.9 Å². The first-order chi connectivity index (χ1) is 8.15. The average Bonchev–Trinajstić information content (AvgIpc) is 2.69. The van der Waals surface area contributed by atoms with E-state index < -0.39 is 0 Å². The molecule has 0 spiro atoms. The third-order valence-electron chi connectivity index (χ3n) is 2.25. The zero-order chi connectivity index (χ0) is 12.3. The van der Waals surface area contributed by atoms with Crippen molar-refractivity contribution in [2.24, 2.45) is 0 Å². The SMILES string of the molecule is Fc1ccc(Br)c(CNCc2ccc(Cl)s2)c1. The molecule has 1 heterocycles. The highest BCUT2D eigenvalue weighted by Gasteiger charge is 2.02. The van der Waals surface area contributed by atoms with Crippen LogP contribution < -0.4 is 5.32 Å². The van der Waals surface area contributed by atoms with Gasteiger partial charge < -0.3 is 5.32 Å². The molecule has 90 valence electrons.